The molecule has 132 valence electrons. The number of benzene rings is 2. The maximum absolute atomic E-state index is 5.55. The lowest BCUT2D eigenvalue weighted by atomic mass is 10.1. The normalized spacial score (nSPS) is 14.0. The molecule has 3 nitrogen and oxygen atoms in total. The third-order valence-electron chi connectivity index (χ3n) is 4.17. The summed E-state index contributed by atoms with van der Waals surface area (Å²) in [5.41, 5.74) is 2.67. The van der Waals surface area contributed by atoms with Crippen molar-refractivity contribution >= 4 is 16.9 Å². The molecule has 2 aromatic rings. The Morgan fingerprint density at radius 1 is 1.04 bits per heavy atom. The second kappa shape index (κ2) is 9.52. The maximum atomic E-state index is 5.55. The zero-order valence-corrected chi connectivity index (χ0v) is 15.7. The van der Waals surface area contributed by atoms with Crippen molar-refractivity contribution in [1.82, 2.24) is 4.90 Å². The first kappa shape index (κ1) is 17.9. The summed E-state index contributed by atoms with van der Waals surface area (Å²) in [6.07, 6.45) is 2.22. The van der Waals surface area contributed by atoms with Gasteiger partial charge in [0.2, 0.25) is 0 Å². The molecule has 0 bridgehead atoms. The molecule has 1 aliphatic rings. The van der Waals surface area contributed by atoms with Gasteiger partial charge in [-0.2, -0.15) is 0 Å². The van der Waals surface area contributed by atoms with Gasteiger partial charge in [-0.15, -0.1) is 0 Å². The van der Waals surface area contributed by atoms with Crippen LogP contribution in [0.25, 0.3) is 0 Å². The van der Waals surface area contributed by atoms with Crippen molar-refractivity contribution in [2.75, 3.05) is 25.4 Å². The lowest BCUT2D eigenvalue weighted by Crippen LogP contribution is -2.32. The fraction of sp³-hybridized carbons (Fsp3) is 0.381. The minimum Gasteiger partial charge on any atom is -0.494 e. The van der Waals surface area contributed by atoms with E-state index in [9.17, 15) is 0 Å². The van der Waals surface area contributed by atoms with E-state index in [0.717, 1.165) is 31.8 Å². The van der Waals surface area contributed by atoms with Crippen LogP contribution in [0.3, 0.4) is 0 Å². The van der Waals surface area contributed by atoms with Gasteiger partial charge in [-0.3, -0.25) is 4.99 Å². The summed E-state index contributed by atoms with van der Waals surface area (Å²) in [7, 11) is 0. The number of rotatable bonds is 7. The highest BCUT2D eigenvalue weighted by Gasteiger charge is 2.15. The van der Waals surface area contributed by atoms with Gasteiger partial charge in [0.15, 0.2) is 5.17 Å². The summed E-state index contributed by atoms with van der Waals surface area (Å²) in [5.74, 6) is 2.11. The van der Waals surface area contributed by atoms with Crippen LogP contribution in [0.4, 0.5) is 0 Å². The van der Waals surface area contributed by atoms with Crippen LogP contribution < -0.4 is 4.74 Å². The standard InChI is InChI=1S/C21H26N2OS/c1-2-24-20-11-9-19(10-12-20)17-23(21-22-14-6-16-25-21)15-13-18-7-4-3-5-8-18/h3-5,7-12H,2,6,13-17H2,1H3. The van der Waals surface area contributed by atoms with E-state index in [4.69, 9.17) is 9.73 Å². The van der Waals surface area contributed by atoms with Crippen LogP contribution in [-0.2, 0) is 13.0 Å². The second-order valence-corrected chi connectivity index (χ2v) is 7.16. The smallest absolute Gasteiger partial charge is 0.159 e. The molecule has 0 N–H and O–H groups in total. The summed E-state index contributed by atoms with van der Waals surface area (Å²) in [6.45, 7) is 5.55. The molecule has 0 radical (unpaired) electrons. The number of thioether (sulfide) groups is 1. The van der Waals surface area contributed by atoms with Gasteiger partial charge in [-0.05, 0) is 43.0 Å². The Bertz CT molecular complexity index is 670. The minimum absolute atomic E-state index is 0.704. The molecule has 0 atom stereocenters. The zero-order valence-electron chi connectivity index (χ0n) is 14.9. The van der Waals surface area contributed by atoms with Crippen molar-refractivity contribution in [2.45, 2.75) is 26.3 Å². The van der Waals surface area contributed by atoms with E-state index < -0.39 is 0 Å². The summed E-state index contributed by atoms with van der Waals surface area (Å²) >= 11 is 1.89. The molecular weight excluding hydrogens is 328 g/mol. The van der Waals surface area contributed by atoms with E-state index in [0.29, 0.717) is 6.61 Å². The lowest BCUT2D eigenvalue weighted by molar-refractivity contribution is 0.340. The molecule has 1 aliphatic heterocycles. The molecular formula is C21H26N2OS. The monoisotopic (exact) mass is 354 g/mol. The fourth-order valence-electron chi connectivity index (χ4n) is 2.87. The molecule has 4 heteroatoms. The Labute approximate surface area is 155 Å². The first-order valence-electron chi connectivity index (χ1n) is 9.03. The van der Waals surface area contributed by atoms with Gasteiger partial charge >= 0.3 is 0 Å². The van der Waals surface area contributed by atoms with Crippen molar-refractivity contribution < 1.29 is 4.74 Å². The number of amidine groups is 1. The molecule has 25 heavy (non-hydrogen) atoms. The number of aliphatic imine (C=N–C) groups is 1. The maximum Gasteiger partial charge on any atom is 0.159 e. The fourth-order valence-corrected chi connectivity index (χ4v) is 3.85. The van der Waals surface area contributed by atoms with E-state index in [1.807, 2.05) is 18.7 Å². The first-order chi connectivity index (χ1) is 12.3. The minimum atomic E-state index is 0.704. The molecule has 2 aromatic carbocycles. The third-order valence-corrected chi connectivity index (χ3v) is 5.31. The van der Waals surface area contributed by atoms with Crippen LogP contribution in [0.1, 0.15) is 24.5 Å². The SMILES string of the molecule is CCOc1ccc(CN(CCc2ccccc2)C2=NCCCS2)cc1. The number of hydrogen-bond acceptors (Lipinski definition) is 4. The molecule has 0 saturated heterocycles. The van der Waals surface area contributed by atoms with Crippen LogP contribution in [0.2, 0.25) is 0 Å². The molecule has 0 fully saturated rings. The van der Waals surface area contributed by atoms with Crippen molar-refractivity contribution in [3.05, 3.63) is 65.7 Å². The first-order valence-corrected chi connectivity index (χ1v) is 10.0. The Balaban J connectivity index is 1.68. The molecule has 3 rings (SSSR count). The van der Waals surface area contributed by atoms with Crippen molar-refractivity contribution in [2.24, 2.45) is 4.99 Å². The molecule has 1 heterocycles. The molecule has 0 aromatic heterocycles. The van der Waals surface area contributed by atoms with E-state index in [-0.39, 0.29) is 0 Å². The van der Waals surface area contributed by atoms with E-state index in [1.54, 1.807) is 0 Å². The summed E-state index contributed by atoms with van der Waals surface area (Å²) in [6, 6.07) is 19.1. The summed E-state index contributed by atoms with van der Waals surface area (Å²) < 4.78 is 5.55. The molecule has 0 saturated carbocycles. The third kappa shape index (κ3) is 5.53. The van der Waals surface area contributed by atoms with Crippen molar-refractivity contribution in [1.29, 1.82) is 0 Å². The van der Waals surface area contributed by atoms with Crippen LogP contribution in [0.5, 0.6) is 5.75 Å². The summed E-state index contributed by atoms with van der Waals surface area (Å²) in [5, 5.41) is 1.19. The number of hydrogen-bond donors (Lipinski definition) is 0. The van der Waals surface area contributed by atoms with Gasteiger partial charge in [0.05, 0.1) is 6.61 Å². The van der Waals surface area contributed by atoms with Crippen LogP contribution in [0, 0.1) is 0 Å². The number of ether oxygens (including phenoxy) is 1. The Hall–Kier alpha value is -1.94. The van der Waals surface area contributed by atoms with Crippen molar-refractivity contribution in [3.8, 4) is 5.75 Å². The highest BCUT2D eigenvalue weighted by atomic mass is 32.2. The molecule has 0 spiro atoms. The predicted molar refractivity (Wildman–Crippen MR) is 108 cm³/mol. The second-order valence-electron chi connectivity index (χ2n) is 6.10. The van der Waals surface area contributed by atoms with Crippen LogP contribution in [0.15, 0.2) is 59.6 Å². The lowest BCUT2D eigenvalue weighted by Gasteiger charge is -2.28. The van der Waals surface area contributed by atoms with Crippen molar-refractivity contribution in [3.63, 3.8) is 0 Å². The van der Waals surface area contributed by atoms with Gasteiger partial charge in [-0.1, -0.05) is 54.2 Å². The predicted octanol–water partition coefficient (Wildman–Crippen LogP) is 4.62. The van der Waals surface area contributed by atoms with Gasteiger partial charge in [0, 0.05) is 25.4 Å². The highest BCUT2D eigenvalue weighted by molar-refractivity contribution is 8.13. The van der Waals surface area contributed by atoms with Gasteiger partial charge in [0.25, 0.3) is 0 Å². The summed E-state index contributed by atoms with van der Waals surface area (Å²) in [4.78, 5) is 7.19. The van der Waals surface area contributed by atoms with Gasteiger partial charge < -0.3 is 9.64 Å². The average molecular weight is 355 g/mol. The molecule has 0 unspecified atom stereocenters. The number of nitrogens with zero attached hydrogens (tertiary/aromatic N) is 2. The van der Waals surface area contributed by atoms with Gasteiger partial charge in [0.1, 0.15) is 5.75 Å². The molecule has 0 amide bonds. The highest BCUT2D eigenvalue weighted by Crippen LogP contribution is 2.20. The molecule has 0 aliphatic carbocycles. The Kier molecular flexibility index (Phi) is 6.80. The largest absolute Gasteiger partial charge is 0.494 e. The quantitative estimate of drug-likeness (QED) is 0.725. The van der Waals surface area contributed by atoms with E-state index >= 15 is 0 Å². The van der Waals surface area contributed by atoms with Crippen LogP contribution >= 0.6 is 11.8 Å². The zero-order chi connectivity index (χ0) is 17.3. The van der Waals surface area contributed by atoms with E-state index in [1.165, 1.54) is 28.5 Å². The average Bonchev–Trinajstić information content (AvgIpc) is 2.68. The van der Waals surface area contributed by atoms with Gasteiger partial charge in [-0.25, -0.2) is 0 Å². The Morgan fingerprint density at radius 3 is 2.52 bits per heavy atom. The van der Waals surface area contributed by atoms with Crippen LogP contribution in [-0.4, -0.2) is 35.5 Å². The Morgan fingerprint density at radius 2 is 1.84 bits per heavy atom. The van der Waals surface area contributed by atoms with E-state index in [2.05, 4.69) is 59.5 Å². The topological polar surface area (TPSA) is 24.8 Å².